The lowest BCUT2D eigenvalue weighted by Crippen LogP contribution is -2.15. The third-order valence-corrected chi connectivity index (χ3v) is 4.55. The standard InChI is InChI=1S/C22H21N5O/c1-15-5-4-6-17(13-15)25-22(28)20-9-10-21(27-26-20)23-12-11-16-14-24-19-8-3-2-7-18(16)19/h2-10,13-14,24H,11-12H2,1H3,(H,23,27)(H,25,28). The number of aryl methyl sites for hydroxylation is 1. The lowest BCUT2D eigenvalue weighted by Gasteiger charge is -2.07. The summed E-state index contributed by atoms with van der Waals surface area (Å²) in [5, 5.41) is 15.5. The summed E-state index contributed by atoms with van der Waals surface area (Å²) in [4.78, 5) is 15.6. The van der Waals surface area contributed by atoms with Gasteiger partial charge in [-0.05, 0) is 54.8 Å². The number of nitrogens with zero attached hydrogens (tertiary/aromatic N) is 2. The third-order valence-electron chi connectivity index (χ3n) is 4.55. The Bertz CT molecular complexity index is 1100. The molecule has 28 heavy (non-hydrogen) atoms. The number of rotatable bonds is 6. The molecule has 0 atom stereocenters. The van der Waals surface area contributed by atoms with Crippen LogP contribution in [-0.4, -0.2) is 27.6 Å². The second-order valence-corrected chi connectivity index (χ2v) is 6.66. The van der Waals surface area contributed by atoms with Crippen molar-refractivity contribution < 1.29 is 4.79 Å². The lowest BCUT2D eigenvalue weighted by molar-refractivity contribution is 0.102. The fourth-order valence-electron chi connectivity index (χ4n) is 3.13. The van der Waals surface area contributed by atoms with Gasteiger partial charge in [0.15, 0.2) is 5.69 Å². The molecule has 0 aliphatic rings. The second-order valence-electron chi connectivity index (χ2n) is 6.66. The molecule has 0 radical (unpaired) electrons. The van der Waals surface area contributed by atoms with Crippen molar-refractivity contribution >= 4 is 28.3 Å². The molecule has 2 heterocycles. The van der Waals surface area contributed by atoms with Gasteiger partial charge in [0, 0.05) is 29.3 Å². The molecule has 0 fully saturated rings. The Kier molecular flexibility index (Phi) is 5.01. The molecule has 0 aliphatic heterocycles. The summed E-state index contributed by atoms with van der Waals surface area (Å²) in [7, 11) is 0. The normalized spacial score (nSPS) is 10.8. The summed E-state index contributed by atoms with van der Waals surface area (Å²) in [5.74, 6) is 0.371. The predicted molar refractivity (Wildman–Crippen MR) is 112 cm³/mol. The van der Waals surface area contributed by atoms with Crippen LogP contribution in [0, 0.1) is 6.92 Å². The van der Waals surface area contributed by atoms with Crippen LogP contribution < -0.4 is 10.6 Å². The number of carbonyl (C=O) groups is 1. The van der Waals surface area contributed by atoms with Gasteiger partial charge >= 0.3 is 0 Å². The molecule has 0 bridgehead atoms. The van der Waals surface area contributed by atoms with Crippen molar-refractivity contribution in [2.75, 3.05) is 17.2 Å². The Morgan fingerprint density at radius 1 is 1.04 bits per heavy atom. The van der Waals surface area contributed by atoms with Crippen molar-refractivity contribution in [3.8, 4) is 0 Å². The van der Waals surface area contributed by atoms with E-state index in [2.05, 4.69) is 37.9 Å². The first-order valence-corrected chi connectivity index (χ1v) is 9.20. The van der Waals surface area contributed by atoms with Gasteiger partial charge < -0.3 is 15.6 Å². The Morgan fingerprint density at radius 2 is 1.93 bits per heavy atom. The number of aromatic amines is 1. The van der Waals surface area contributed by atoms with Crippen molar-refractivity contribution in [3.05, 3.63) is 83.7 Å². The fourth-order valence-corrected chi connectivity index (χ4v) is 3.13. The Balaban J connectivity index is 1.33. The van der Waals surface area contributed by atoms with Gasteiger partial charge in [0.05, 0.1) is 0 Å². The van der Waals surface area contributed by atoms with E-state index in [9.17, 15) is 4.79 Å². The van der Waals surface area contributed by atoms with Gasteiger partial charge in [-0.2, -0.15) is 0 Å². The number of para-hydroxylation sites is 1. The summed E-state index contributed by atoms with van der Waals surface area (Å²) >= 11 is 0. The molecule has 6 nitrogen and oxygen atoms in total. The third kappa shape index (κ3) is 4.01. The Hall–Kier alpha value is -3.67. The van der Waals surface area contributed by atoms with Crippen molar-refractivity contribution in [3.63, 3.8) is 0 Å². The van der Waals surface area contributed by atoms with Crippen molar-refractivity contribution in [2.24, 2.45) is 0 Å². The first-order chi connectivity index (χ1) is 13.7. The minimum absolute atomic E-state index is 0.275. The second kappa shape index (κ2) is 7.92. The number of hydrogen-bond donors (Lipinski definition) is 3. The number of amides is 1. The average Bonchev–Trinajstić information content (AvgIpc) is 3.12. The molecule has 140 valence electrons. The molecular weight excluding hydrogens is 350 g/mol. The van der Waals surface area contributed by atoms with Crippen molar-refractivity contribution in [1.82, 2.24) is 15.2 Å². The van der Waals surface area contributed by atoms with Crippen LogP contribution >= 0.6 is 0 Å². The van der Waals surface area contributed by atoms with Crippen LogP contribution in [0.15, 0.2) is 66.9 Å². The number of fused-ring (bicyclic) bond motifs is 1. The van der Waals surface area contributed by atoms with Gasteiger partial charge in [-0.1, -0.05) is 30.3 Å². The van der Waals surface area contributed by atoms with Crippen LogP contribution in [0.3, 0.4) is 0 Å². The van der Waals surface area contributed by atoms with E-state index >= 15 is 0 Å². The van der Waals surface area contributed by atoms with Gasteiger partial charge in [0.1, 0.15) is 5.82 Å². The number of H-pyrrole nitrogens is 1. The number of nitrogens with one attached hydrogen (secondary N) is 3. The highest BCUT2D eigenvalue weighted by Gasteiger charge is 2.09. The number of anilines is 2. The molecule has 1 amide bonds. The SMILES string of the molecule is Cc1cccc(NC(=O)c2ccc(NCCc3c[nH]c4ccccc34)nn2)c1. The van der Waals surface area contributed by atoms with E-state index in [0.717, 1.165) is 29.7 Å². The van der Waals surface area contributed by atoms with E-state index in [0.29, 0.717) is 5.82 Å². The molecule has 3 N–H and O–H groups in total. The van der Waals surface area contributed by atoms with Crippen LogP contribution in [0.25, 0.3) is 10.9 Å². The molecule has 2 aromatic carbocycles. The van der Waals surface area contributed by atoms with Crippen LogP contribution in [0.1, 0.15) is 21.6 Å². The highest BCUT2D eigenvalue weighted by Crippen LogP contribution is 2.18. The predicted octanol–water partition coefficient (Wildman–Crippen LogP) is 4.17. The molecule has 0 aliphatic carbocycles. The van der Waals surface area contributed by atoms with Crippen molar-refractivity contribution in [2.45, 2.75) is 13.3 Å². The van der Waals surface area contributed by atoms with Gasteiger partial charge in [-0.25, -0.2) is 0 Å². The number of benzene rings is 2. The first-order valence-electron chi connectivity index (χ1n) is 9.20. The molecule has 6 heteroatoms. The minimum atomic E-state index is -0.275. The zero-order valence-corrected chi connectivity index (χ0v) is 15.6. The van der Waals surface area contributed by atoms with E-state index in [4.69, 9.17) is 0 Å². The van der Waals surface area contributed by atoms with E-state index < -0.39 is 0 Å². The van der Waals surface area contributed by atoms with Crippen molar-refractivity contribution in [1.29, 1.82) is 0 Å². The van der Waals surface area contributed by atoms with Crippen LogP contribution in [-0.2, 0) is 6.42 Å². The first kappa shape index (κ1) is 17.7. The van der Waals surface area contributed by atoms with Gasteiger partial charge in [0.25, 0.3) is 5.91 Å². The van der Waals surface area contributed by atoms with Gasteiger partial charge in [-0.3, -0.25) is 4.79 Å². The van der Waals surface area contributed by atoms with E-state index in [1.165, 1.54) is 10.9 Å². The highest BCUT2D eigenvalue weighted by atomic mass is 16.1. The highest BCUT2D eigenvalue weighted by molar-refractivity contribution is 6.02. The molecule has 0 saturated heterocycles. The topological polar surface area (TPSA) is 82.7 Å². The molecular formula is C22H21N5O. The number of hydrogen-bond acceptors (Lipinski definition) is 4. The van der Waals surface area contributed by atoms with Crippen LogP contribution in [0.2, 0.25) is 0 Å². The van der Waals surface area contributed by atoms with E-state index in [-0.39, 0.29) is 11.6 Å². The number of carbonyl (C=O) groups excluding carboxylic acids is 1. The molecule has 4 rings (SSSR count). The molecule has 2 aromatic heterocycles. The maximum Gasteiger partial charge on any atom is 0.276 e. The lowest BCUT2D eigenvalue weighted by atomic mass is 10.1. The quantitative estimate of drug-likeness (QED) is 0.475. The maximum atomic E-state index is 12.3. The Morgan fingerprint density at radius 3 is 2.75 bits per heavy atom. The zero-order chi connectivity index (χ0) is 19.3. The van der Waals surface area contributed by atoms with Gasteiger partial charge in [0.2, 0.25) is 0 Å². The zero-order valence-electron chi connectivity index (χ0n) is 15.6. The van der Waals surface area contributed by atoms with Gasteiger partial charge in [-0.15, -0.1) is 10.2 Å². The molecule has 0 saturated carbocycles. The monoisotopic (exact) mass is 371 g/mol. The summed E-state index contributed by atoms with van der Waals surface area (Å²) in [5.41, 5.74) is 4.50. The molecule has 0 unspecified atom stereocenters. The molecule has 0 spiro atoms. The van der Waals surface area contributed by atoms with E-state index in [1.54, 1.807) is 12.1 Å². The fraction of sp³-hybridized carbons (Fsp3) is 0.136. The summed E-state index contributed by atoms with van der Waals surface area (Å²) in [6, 6.07) is 19.3. The summed E-state index contributed by atoms with van der Waals surface area (Å²) < 4.78 is 0. The smallest absolute Gasteiger partial charge is 0.276 e. The largest absolute Gasteiger partial charge is 0.368 e. The maximum absolute atomic E-state index is 12.3. The van der Waals surface area contributed by atoms with E-state index in [1.807, 2.05) is 49.5 Å². The average molecular weight is 371 g/mol. The molecule has 4 aromatic rings. The van der Waals surface area contributed by atoms with Crippen LogP contribution in [0.5, 0.6) is 0 Å². The Labute approximate surface area is 163 Å². The summed E-state index contributed by atoms with van der Waals surface area (Å²) in [6.45, 7) is 2.71. The minimum Gasteiger partial charge on any atom is -0.368 e. The number of aromatic nitrogens is 3. The van der Waals surface area contributed by atoms with Crippen LogP contribution in [0.4, 0.5) is 11.5 Å². The summed E-state index contributed by atoms with van der Waals surface area (Å²) in [6.07, 6.45) is 2.90.